The molecular formula is C7H6NO3S-. The number of benzene rings is 1. The van der Waals surface area contributed by atoms with Crippen molar-refractivity contribution in [3.8, 4) is 11.5 Å². The van der Waals surface area contributed by atoms with Crippen molar-refractivity contribution in [2.45, 2.75) is 0 Å². The normalized spacial score (nSPS) is 9.67. The Bertz CT molecular complexity index is 338. The minimum absolute atomic E-state index is 0.0692. The standard InChI is InChI=1S/C7H7NO3S/c8-5-4(9)2-1-3(6(5)10)7(11)12/h1-2,9-10H,8H2,(H,11,12)/p-1. The highest BCUT2D eigenvalue weighted by molar-refractivity contribution is 7.77. The average molecular weight is 184 g/mol. The number of carbonyl (C=O) groups excluding carboxylic acids is 1. The van der Waals surface area contributed by atoms with Crippen LogP contribution in [-0.4, -0.2) is 15.3 Å². The summed E-state index contributed by atoms with van der Waals surface area (Å²) >= 11 is 4.30. The Labute approximate surface area is 74.0 Å². The summed E-state index contributed by atoms with van der Waals surface area (Å²) < 4.78 is 0. The Balaban J connectivity index is 3.36. The van der Waals surface area contributed by atoms with Crippen LogP contribution >= 0.6 is 0 Å². The Kier molecular flexibility index (Phi) is 2.05. The van der Waals surface area contributed by atoms with Crippen LogP contribution in [0, 0.1) is 0 Å². The first-order valence-corrected chi connectivity index (χ1v) is 3.46. The van der Waals surface area contributed by atoms with E-state index in [4.69, 9.17) is 10.8 Å². The zero-order valence-electron chi connectivity index (χ0n) is 5.94. The maximum atomic E-state index is 10.6. The van der Waals surface area contributed by atoms with Crippen LogP contribution in [0.3, 0.4) is 0 Å². The fourth-order valence-electron chi connectivity index (χ4n) is 0.762. The van der Waals surface area contributed by atoms with Crippen LogP contribution in [0.5, 0.6) is 11.5 Å². The van der Waals surface area contributed by atoms with Gasteiger partial charge in [-0.05, 0) is 12.1 Å². The van der Waals surface area contributed by atoms with Crippen molar-refractivity contribution in [2.24, 2.45) is 0 Å². The number of aromatic hydroxyl groups is 2. The smallest absolute Gasteiger partial charge is 0.151 e. The molecule has 0 saturated heterocycles. The summed E-state index contributed by atoms with van der Waals surface area (Å²) in [6.07, 6.45) is 0. The van der Waals surface area contributed by atoms with Gasteiger partial charge in [0.1, 0.15) is 11.4 Å². The molecule has 1 rings (SSSR count). The molecule has 0 aliphatic carbocycles. The van der Waals surface area contributed by atoms with Crippen LogP contribution in [0.25, 0.3) is 0 Å². The van der Waals surface area contributed by atoms with E-state index in [1.807, 2.05) is 0 Å². The lowest BCUT2D eigenvalue weighted by Gasteiger charge is -2.09. The van der Waals surface area contributed by atoms with Crippen LogP contribution in [0.15, 0.2) is 12.1 Å². The molecule has 0 radical (unpaired) electrons. The highest BCUT2D eigenvalue weighted by atomic mass is 32.1. The van der Waals surface area contributed by atoms with Gasteiger partial charge in [-0.15, -0.1) is 0 Å². The summed E-state index contributed by atoms with van der Waals surface area (Å²) in [6.45, 7) is 0. The highest BCUT2D eigenvalue weighted by Crippen LogP contribution is 2.32. The molecule has 0 amide bonds. The van der Waals surface area contributed by atoms with E-state index in [1.54, 1.807) is 0 Å². The number of phenolic OH excluding ortho intramolecular Hbond substituents is 2. The Morgan fingerprint density at radius 3 is 2.50 bits per heavy atom. The predicted octanol–water partition coefficient (Wildman–Crippen LogP) is 0.367. The summed E-state index contributed by atoms with van der Waals surface area (Å²) in [4.78, 5) is 10.6. The molecule has 4 N–H and O–H groups in total. The first-order valence-electron chi connectivity index (χ1n) is 3.05. The van der Waals surface area contributed by atoms with Crippen molar-refractivity contribution in [1.29, 1.82) is 0 Å². The minimum Gasteiger partial charge on any atom is -0.737 e. The fourth-order valence-corrected chi connectivity index (χ4v) is 0.927. The molecule has 0 aromatic heterocycles. The molecule has 0 fully saturated rings. The van der Waals surface area contributed by atoms with Crippen molar-refractivity contribution in [2.75, 3.05) is 5.73 Å². The second kappa shape index (κ2) is 2.86. The lowest BCUT2D eigenvalue weighted by atomic mass is 10.2. The van der Waals surface area contributed by atoms with Gasteiger partial charge < -0.3 is 33.4 Å². The van der Waals surface area contributed by atoms with E-state index < -0.39 is 10.9 Å². The molecule has 1 aromatic rings. The monoisotopic (exact) mass is 184 g/mol. The van der Waals surface area contributed by atoms with Gasteiger partial charge in [-0.25, -0.2) is 0 Å². The van der Waals surface area contributed by atoms with Gasteiger partial charge in [-0.1, -0.05) is 0 Å². The molecule has 4 nitrogen and oxygen atoms in total. The summed E-state index contributed by atoms with van der Waals surface area (Å²) in [5.74, 6) is -0.734. The quantitative estimate of drug-likeness (QED) is 0.333. The number of phenols is 2. The maximum Gasteiger partial charge on any atom is 0.151 e. The SMILES string of the molecule is Nc1c(O)ccc(C(=O)[S-])c1O. The number of carbonyl (C=O) groups is 1. The zero-order chi connectivity index (χ0) is 9.30. The summed E-state index contributed by atoms with van der Waals surface area (Å²) in [7, 11) is 0. The van der Waals surface area contributed by atoms with Crippen molar-refractivity contribution >= 4 is 23.4 Å². The number of hydrogen-bond acceptors (Lipinski definition) is 5. The second-order valence-electron chi connectivity index (χ2n) is 2.18. The number of nitrogen functional groups attached to an aromatic ring is 1. The molecule has 0 atom stereocenters. The lowest BCUT2D eigenvalue weighted by molar-refractivity contribution is 0.108. The van der Waals surface area contributed by atoms with Crippen molar-refractivity contribution in [3.05, 3.63) is 17.7 Å². The van der Waals surface area contributed by atoms with Crippen LogP contribution in [0.1, 0.15) is 10.4 Å². The molecule has 1 aromatic carbocycles. The van der Waals surface area contributed by atoms with Gasteiger partial charge >= 0.3 is 0 Å². The molecule has 0 heterocycles. The van der Waals surface area contributed by atoms with E-state index in [0.717, 1.165) is 0 Å². The van der Waals surface area contributed by atoms with Gasteiger partial charge in [0, 0.05) is 10.7 Å². The summed E-state index contributed by atoms with van der Waals surface area (Å²) in [5.41, 5.74) is 4.92. The largest absolute Gasteiger partial charge is 0.737 e. The summed E-state index contributed by atoms with van der Waals surface area (Å²) in [5, 5.41) is 17.4. The molecule has 0 saturated carbocycles. The van der Waals surface area contributed by atoms with Crippen LogP contribution in [-0.2, 0) is 12.6 Å². The Morgan fingerprint density at radius 2 is 2.00 bits per heavy atom. The molecule has 0 bridgehead atoms. The van der Waals surface area contributed by atoms with Gasteiger partial charge in [0.05, 0.1) is 0 Å². The number of hydrogen-bond donors (Lipinski definition) is 3. The van der Waals surface area contributed by atoms with Gasteiger partial charge in [-0.3, -0.25) is 0 Å². The van der Waals surface area contributed by atoms with Gasteiger partial charge in [-0.2, -0.15) is 0 Å². The maximum absolute atomic E-state index is 10.6. The minimum atomic E-state index is -0.709. The predicted molar refractivity (Wildman–Crippen MR) is 45.9 cm³/mol. The Hall–Kier alpha value is -1.49. The summed E-state index contributed by atoms with van der Waals surface area (Å²) in [6, 6.07) is 2.42. The average Bonchev–Trinajstić information content (AvgIpc) is 2.00. The van der Waals surface area contributed by atoms with E-state index in [-0.39, 0.29) is 17.0 Å². The first-order chi connectivity index (χ1) is 5.54. The third-order valence-electron chi connectivity index (χ3n) is 1.41. The van der Waals surface area contributed by atoms with Crippen LogP contribution in [0.2, 0.25) is 0 Å². The van der Waals surface area contributed by atoms with E-state index in [9.17, 15) is 9.90 Å². The molecule has 0 unspecified atom stereocenters. The first kappa shape index (κ1) is 8.61. The lowest BCUT2D eigenvalue weighted by Crippen LogP contribution is -1.97. The van der Waals surface area contributed by atoms with E-state index in [0.29, 0.717) is 0 Å². The molecule has 5 heteroatoms. The van der Waals surface area contributed by atoms with Crippen molar-refractivity contribution in [3.63, 3.8) is 0 Å². The van der Waals surface area contributed by atoms with E-state index in [2.05, 4.69) is 12.6 Å². The zero-order valence-corrected chi connectivity index (χ0v) is 6.76. The number of nitrogens with two attached hydrogens (primary N) is 1. The topological polar surface area (TPSA) is 83.5 Å². The molecule has 12 heavy (non-hydrogen) atoms. The van der Waals surface area contributed by atoms with Gasteiger partial charge in [0.15, 0.2) is 5.75 Å². The Morgan fingerprint density at radius 1 is 1.42 bits per heavy atom. The van der Waals surface area contributed by atoms with E-state index in [1.165, 1.54) is 12.1 Å². The van der Waals surface area contributed by atoms with Crippen LogP contribution < -0.4 is 5.73 Å². The molecule has 0 aliphatic rings. The molecule has 0 spiro atoms. The van der Waals surface area contributed by atoms with Crippen LogP contribution in [0.4, 0.5) is 5.69 Å². The molecule has 64 valence electrons. The fraction of sp³-hybridized carbons (Fsp3) is 0. The molecule has 0 aliphatic heterocycles. The number of anilines is 1. The third kappa shape index (κ3) is 1.26. The molecular weight excluding hydrogens is 178 g/mol. The van der Waals surface area contributed by atoms with Gasteiger partial charge in [0.2, 0.25) is 0 Å². The highest BCUT2D eigenvalue weighted by Gasteiger charge is 2.08. The van der Waals surface area contributed by atoms with Gasteiger partial charge in [0.25, 0.3) is 0 Å². The number of rotatable bonds is 1. The third-order valence-corrected chi connectivity index (χ3v) is 1.63. The van der Waals surface area contributed by atoms with E-state index >= 15 is 0 Å². The van der Waals surface area contributed by atoms with Crippen molar-refractivity contribution < 1.29 is 15.0 Å². The van der Waals surface area contributed by atoms with Crippen molar-refractivity contribution in [1.82, 2.24) is 0 Å². The second-order valence-corrected chi connectivity index (χ2v) is 2.55.